The number of rotatable bonds is 10. The number of nitrogens with one attached hydrogen (secondary N) is 3. The standard InChI is InChI=1S/C18H30N4OS/c1-4-20-18(21-11-5-6-13-24-3)22-12-10-15-8-7-9-16(14-15)17(23)19-2/h7-9,14H,4-6,10-13H2,1-3H3,(H,19,23)(H2,20,21,22). The second-order valence-electron chi connectivity index (χ2n) is 5.42. The van der Waals surface area contributed by atoms with Gasteiger partial charge in [-0.3, -0.25) is 9.79 Å². The molecule has 0 fully saturated rings. The Kier molecular flexibility index (Phi) is 10.8. The molecule has 0 unspecified atom stereocenters. The van der Waals surface area contributed by atoms with Crippen LogP contribution in [0, 0.1) is 0 Å². The van der Waals surface area contributed by atoms with Gasteiger partial charge in [-0.15, -0.1) is 0 Å². The van der Waals surface area contributed by atoms with E-state index in [0.29, 0.717) is 5.56 Å². The van der Waals surface area contributed by atoms with Crippen molar-refractivity contribution in [2.75, 3.05) is 38.7 Å². The lowest BCUT2D eigenvalue weighted by Gasteiger charge is -2.11. The second-order valence-corrected chi connectivity index (χ2v) is 6.40. The molecule has 6 heteroatoms. The van der Waals surface area contributed by atoms with Crippen LogP contribution in [-0.2, 0) is 6.42 Å². The van der Waals surface area contributed by atoms with Crippen molar-refractivity contribution in [2.24, 2.45) is 4.99 Å². The third-order valence-corrected chi connectivity index (χ3v) is 4.19. The van der Waals surface area contributed by atoms with Gasteiger partial charge in [-0.05, 0) is 55.9 Å². The van der Waals surface area contributed by atoms with Crippen molar-refractivity contribution in [3.05, 3.63) is 35.4 Å². The van der Waals surface area contributed by atoms with Crippen molar-refractivity contribution in [3.8, 4) is 0 Å². The number of unbranched alkanes of at least 4 members (excludes halogenated alkanes) is 1. The molecule has 0 aliphatic carbocycles. The summed E-state index contributed by atoms with van der Waals surface area (Å²) >= 11 is 1.88. The molecule has 24 heavy (non-hydrogen) atoms. The fourth-order valence-electron chi connectivity index (χ4n) is 2.23. The van der Waals surface area contributed by atoms with Crippen molar-refractivity contribution in [1.29, 1.82) is 0 Å². The molecule has 0 aliphatic rings. The summed E-state index contributed by atoms with van der Waals surface area (Å²) in [6, 6.07) is 7.73. The van der Waals surface area contributed by atoms with Crippen LogP contribution in [0.1, 0.15) is 35.7 Å². The lowest BCUT2D eigenvalue weighted by molar-refractivity contribution is 0.0963. The predicted molar refractivity (Wildman–Crippen MR) is 105 cm³/mol. The highest BCUT2D eigenvalue weighted by Gasteiger charge is 2.04. The Morgan fingerprint density at radius 2 is 2.08 bits per heavy atom. The zero-order valence-corrected chi connectivity index (χ0v) is 15.8. The van der Waals surface area contributed by atoms with Gasteiger partial charge in [0, 0.05) is 32.2 Å². The minimum atomic E-state index is -0.0510. The third-order valence-electron chi connectivity index (χ3n) is 3.49. The van der Waals surface area contributed by atoms with Gasteiger partial charge in [-0.25, -0.2) is 0 Å². The molecule has 3 N–H and O–H groups in total. The second kappa shape index (κ2) is 12.7. The molecule has 0 bridgehead atoms. The zero-order valence-electron chi connectivity index (χ0n) is 15.0. The van der Waals surface area contributed by atoms with Gasteiger partial charge in [0.05, 0.1) is 0 Å². The Balaban J connectivity index is 2.44. The number of nitrogens with zero attached hydrogens (tertiary/aromatic N) is 1. The summed E-state index contributed by atoms with van der Waals surface area (Å²) in [4.78, 5) is 16.3. The maximum absolute atomic E-state index is 11.7. The lowest BCUT2D eigenvalue weighted by atomic mass is 10.1. The van der Waals surface area contributed by atoms with Gasteiger partial charge in [0.1, 0.15) is 0 Å². The fourth-order valence-corrected chi connectivity index (χ4v) is 2.72. The molecule has 0 aromatic heterocycles. The van der Waals surface area contributed by atoms with E-state index in [1.54, 1.807) is 7.05 Å². The van der Waals surface area contributed by atoms with Crippen molar-refractivity contribution in [2.45, 2.75) is 26.2 Å². The van der Waals surface area contributed by atoms with Gasteiger partial charge in [0.15, 0.2) is 5.96 Å². The van der Waals surface area contributed by atoms with Gasteiger partial charge in [-0.2, -0.15) is 11.8 Å². The number of aliphatic imine (C=N–C) groups is 1. The molecule has 0 radical (unpaired) electrons. The smallest absolute Gasteiger partial charge is 0.251 e. The third kappa shape index (κ3) is 8.24. The number of carbonyl (C=O) groups is 1. The van der Waals surface area contributed by atoms with Crippen LogP contribution in [0.25, 0.3) is 0 Å². The Bertz CT molecular complexity index is 519. The van der Waals surface area contributed by atoms with E-state index in [-0.39, 0.29) is 5.91 Å². The van der Waals surface area contributed by atoms with Crippen LogP contribution in [0.4, 0.5) is 0 Å². The van der Waals surface area contributed by atoms with Crippen molar-refractivity contribution >= 4 is 23.6 Å². The number of thioether (sulfide) groups is 1. The van der Waals surface area contributed by atoms with E-state index in [4.69, 9.17) is 0 Å². The number of hydrogen-bond donors (Lipinski definition) is 3. The zero-order chi connectivity index (χ0) is 17.6. The first-order chi connectivity index (χ1) is 11.7. The molecule has 0 atom stereocenters. The molecule has 1 rings (SSSR count). The van der Waals surface area contributed by atoms with Gasteiger partial charge >= 0.3 is 0 Å². The molecular weight excluding hydrogens is 320 g/mol. The molecule has 0 aliphatic heterocycles. The Hall–Kier alpha value is -1.69. The van der Waals surface area contributed by atoms with Crippen LogP contribution >= 0.6 is 11.8 Å². The molecule has 134 valence electrons. The van der Waals surface area contributed by atoms with Gasteiger partial charge < -0.3 is 16.0 Å². The quantitative estimate of drug-likeness (QED) is 0.344. The highest BCUT2D eigenvalue weighted by Crippen LogP contribution is 2.05. The van der Waals surface area contributed by atoms with Crippen molar-refractivity contribution in [1.82, 2.24) is 16.0 Å². The maximum atomic E-state index is 11.7. The highest BCUT2D eigenvalue weighted by atomic mass is 32.2. The SMILES string of the molecule is CCNC(=NCCCCSC)NCCc1cccc(C(=O)NC)c1. The summed E-state index contributed by atoms with van der Waals surface area (Å²) in [7, 11) is 1.65. The number of hydrogen-bond acceptors (Lipinski definition) is 3. The van der Waals surface area contributed by atoms with E-state index in [1.807, 2.05) is 36.0 Å². The van der Waals surface area contributed by atoms with Crippen LogP contribution in [0.3, 0.4) is 0 Å². The van der Waals surface area contributed by atoms with E-state index in [9.17, 15) is 4.79 Å². The monoisotopic (exact) mass is 350 g/mol. The summed E-state index contributed by atoms with van der Waals surface area (Å²) in [6.45, 7) is 4.55. The van der Waals surface area contributed by atoms with Gasteiger partial charge in [0.2, 0.25) is 0 Å². The Morgan fingerprint density at radius 1 is 1.25 bits per heavy atom. The van der Waals surface area contributed by atoms with E-state index < -0.39 is 0 Å². The molecule has 0 spiro atoms. The summed E-state index contributed by atoms with van der Waals surface area (Å²) in [5, 5.41) is 9.28. The first-order valence-corrected chi connectivity index (χ1v) is 9.92. The number of carbonyl (C=O) groups excluding carboxylic acids is 1. The largest absolute Gasteiger partial charge is 0.357 e. The first-order valence-electron chi connectivity index (χ1n) is 8.53. The minimum absolute atomic E-state index is 0.0510. The molecule has 5 nitrogen and oxygen atoms in total. The van der Waals surface area contributed by atoms with Gasteiger partial charge in [0.25, 0.3) is 5.91 Å². The molecule has 0 saturated carbocycles. The summed E-state index contributed by atoms with van der Waals surface area (Å²) in [5.41, 5.74) is 1.84. The first kappa shape index (κ1) is 20.4. The van der Waals surface area contributed by atoms with E-state index in [1.165, 1.54) is 12.2 Å². The van der Waals surface area contributed by atoms with Crippen molar-refractivity contribution < 1.29 is 4.79 Å². The highest BCUT2D eigenvalue weighted by molar-refractivity contribution is 7.98. The van der Waals surface area contributed by atoms with Crippen LogP contribution < -0.4 is 16.0 Å². The van der Waals surface area contributed by atoms with Crippen molar-refractivity contribution in [3.63, 3.8) is 0 Å². The topological polar surface area (TPSA) is 65.5 Å². The average molecular weight is 351 g/mol. The average Bonchev–Trinajstić information content (AvgIpc) is 2.61. The molecule has 0 heterocycles. The molecule has 0 saturated heterocycles. The summed E-state index contributed by atoms with van der Waals surface area (Å²) < 4.78 is 0. The predicted octanol–water partition coefficient (Wildman–Crippen LogP) is 2.29. The van der Waals surface area contributed by atoms with E-state index >= 15 is 0 Å². The Morgan fingerprint density at radius 3 is 2.79 bits per heavy atom. The number of amides is 1. The van der Waals surface area contributed by atoms with E-state index in [0.717, 1.165) is 44.0 Å². The van der Waals surface area contributed by atoms with E-state index in [2.05, 4.69) is 34.1 Å². The normalized spacial score (nSPS) is 11.2. The van der Waals surface area contributed by atoms with Crippen LogP contribution in [0.15, 0.2) is 29.3 Å². The molecule has 1 aromatic carbocycles. The minimum Gasteiger partial charge on any atom is -0.357 e. The van der Waals surface area contributed by atoms with Crippen LogP contribution in [-0.4, -0.2) is 50.6 Å². The Labute approximate surface area is 150 Å². The maximum Gasteiger partial charge on any atom is 0.251 e. The fraction of sp³-hybridized carbons (Fsp3) is 0.556. The molecule has 1 amide bonds. The van der Waals surface area contributed by atoms with Crippen LogP contribution in [0.2, 0.25) is 0 Å². The van der Waals surface area contributed by atoms with Gasteiger partial charge in [-0.1, -0.05) is 12.1 Å². The summed E-state index contributed by atoms with van der Waals surface area (Å²) in [5.74, 6) is 2.01. The number of benzene rings is 1. The molecule has 1 aromatic rings. The number of guanidine groups is 1. The molecular formula is C18H30N4OS. The van der Waals surface area contributed by atoms with Crippen LogP contribution in [0.5, 0.6) is 0 Å². The summed E-state index contributed by atoms with van der Waals surface area (Å²) in [6.07, 6.45) is 5.30. The lowest BCUT2D eigenvalue weighted by Crippen LogP contribution is -2.38.